The summed E-state index contributed by atoms with van der Waals surface area (Å²) in [5.41, 5.74) is 2.62. The Kier molecular flexibility index (Phi) is 5.18. The van der Waals surface area contributed by atoms with Gasteiger partial charge in [0.25, 0.3) is 11.1 Å². The topological polar surface area (TPSA) is 81.2 Å². The van der Waals surface area contributed by atoms with Crippen molar-refractivity contribution in [2.75, 3.05) is 11.1 Å². The van der Waals surface area contributed by atoms with E-state index in [1.54, 1.807) is 12.3 Å². The van der Waals surface area contributed by atoms with Gasteiger partial charge < -0.3 is 14.2 Å². The van der Waals surface area contributed by atoms with Gasteiger partial charge in [-0.1, -0.05) is 50.7 Å². The molecule has 7 heteroatoms. The third kappa shape index (κ3) is 4.16. The minimum atomic E-state index is -0.119. The number of anilines is 1. The van der Waals surface area contributed by atoms with Crippen molar-refractivity contribution in [2.24, 2.45) is 0 Å². The highest BCUT2D eigenvalue weighted by Crippen LogP contribution is 2.30. The fourth-order valence-electron chi connectivity index (χ4n) is 2.54. The van der Waals surface area contributed by atoms with Crippen LogP contribution in [0.1, 0.15) is 32.1 Å². The molecule has 0 aliphatic heterocycles. The van der Waals surface area contributed by atoms with Crippen molar-refractivity contribution in [3.63, 3.8) is 0 Å². The van der Waals surface area contributed by atoms with Crippen LogP contribution in [0.2, 0.25) is 0 Å². The first-order valence-electron chi connectivity index (χ1n) is 8.25. The number of nitrogens with zero attached hydrogens (tertiary/aromatic N) is 2. The number of hydrogen-bond donors (Lipinski definition) is 1. The Morgan fingerprint density at radius 1 is 1.19 bits per heavy atom. The summed E-state index contributed by atoms with van der Waals surface area (Å²) in [6.45, 7) is 8.17. The molecular weight excluding hydrogens is 350 g/mol. The summed E-state index contributed by atoms with van der Waals surface area (Å²) in [7, 11) is 0. The Hall–Kier alpha value is -2.54. The minimum Gasteiger partial charge on any atom is -0.469 e. The van der Waals surface area contributed by atoms with Crippen LogP contribution in [0.15, 0.2) is 50.7 Å². The van der Waals surface area contributed by atoms with E-state index >= 15 is 0 Å². The zero-order chi connectivity index (χ0) is 18.7. The molecule has 0 saturated carbocycles. The van der Waals surface area contributed by atoms with Crippen molar-refractivity contribution >= 4 is 23.4 Å². The van der Waals surface area contributed by atoms with Crippen LogP contribution in [0.5, 0.6) is 0 Å². The second kappa shape index (κ2) is 7.37. The van der Waals surface area contributed by atoms with Crippen LogP contribution in [-0.2, 0) is 10.2 Å². The van der Waals surface area contributed by atoms with Crippen molar-refractivity contribution in [1.29, 1.82) is 0 Å². The summed E-state index contributed by atoms with van der Waals surface area (Å²) >= 11 is 1.20. The first-order valence-corrected chi connectivity index (χ1v) is 9.23. The zero-order valence-electron chi connectivity index (χ0n) is 15.2. The number of rotatable bonds is 5. The Morgan fingerprint density at radius 3 is 2.65 bits per heavy atom. The molecule has 6 nitrogen and oxygen atoms in total. The fraction of sp³-hybridized carbons (Fsp3) is 0.316. The summed E-state index contributed by atoms with van der Waals surface area (Å²) in [6, 6.07) is 9.60. The first kappa shape index (κ1) is 18.3. The van der Waals surface area contributed by atoms with Crippen molar-refractivity contribution in [3.8, 4) is 11.5 Å². The second-order valence-electron chi connectivity index (χ2n) is 6.90. The van der Waals surface area contributed by atoms with Crippen LogP contribution in [-0.4, -0.2) is 21.9 Å². The van der Waals surface area contributed by atoms with Gasteiger partial charge in [0.05, 0.1) is 17.6 Å². The quantitative estimate of drug-likeness (QED) is 0.657. The molecule has 0 unspecified atom stereocenters. The Balaban J connectivity index is 1.62. The predicted octanol–water partition coefficient (Wildman–Crippen LogP) is 4.67. The maximum absolute atomic E-state index is 12.3. The summed E-state index contributed by atoms with van der Waals surface area (Å²) in [5, 5.41) is 11.3. The van der Waals surface area contributed by atoms with Gasteiger partial charge in [-0.05, 0) is 30.0 Å². The van der Waals surface area contributed by atoms with Gasteiger partial charge in [0.15, 0.2) is 0 Å². The molecule has 0 fully saturated rings. The van der Waals surface area contributed by atoms with Gasteiger partial charge in [0.1, 0.15) is 5.76 Å². The lowest BCUT2D eigenvalue weighted by Gasteiger charge is -2.22. The number of aromatic nitrogens is 2. The Morgan fingerprint density at radius 2 is 1.96 bits per heavy atom. The molecule has 136 valence electrons. The highest BCUT2D eigenvalue weighted by atomic mass is 32.2. The maximum atomic E-state index is 12.3. The van der Waals surface area contributed by atoms with E-state index in [-0.39, 0.29) is 17.1 Å². The molecule has 0 bridgehead atoms. The number of benzene rings is 1. The number of amides is 1. The smallest absolute Gasteiger partial charge is 0.277 e. The Labute approximate surface area is 156 Å². The van der Waals surface area contributed by atoms with Gasteiger partial charge in [-0.25, -0.2) is 0 Å². The van der Waals surface area contributed by atoms with Crippen LogP contribution < -0.4 is 5.32 Å². The number of para-hydroxylation sites is 1. The molecule has 26 heavy (non-hydrogen) atoms. The third-order valence-corrected chi connectivity index (χ3v) is 4.65. The fourth-order valence-corrected chi connectivity index (χ4v) is 3.11. The molecular formula is C19H21N3O3S. The lowest BCUT2D eigenvalue weighted by atomic mass is 9.86. The van der Waals surface area contributed by atoms with E-state index in [9.17, 15) is 4.79 Å². The molecule has 1 amide bonds. The minimum absolute atomic E-state index is 0.0547. The van der Waals surface area contributed by atoms with E-state index in [1.807, 2.05) is 31.2 Å². The van der Waals surface area contributed by atoms with Crippen molar-refractivity contribution in [1.82, 2.24) is 10.2 Å². The highest BCUT2D eigenvalue weighted by Gasteiger charge is 2.19. The van der Waals surface area contributed by atoms with Gasteiger partial charge in [-0.2, -0.15) is 0 Å². The number of nitrogens with one attached hydrogen (secondary N) is 1. The highest BCUT2D eigenvalue weighted by molar-refractivity contribution is 7.99. The van der Waals surface area contributed by atoms with Crippen molar-refractivity contribution in [2.45, 2.75) is 38.3 Å². The lowest BCUT2D eigenvalue weighted by Crippen LogP contribution is -2.19. The second-order valence-corrected chi connectivity index (χ2v) is 7.82. The van der Waals surface area contributed by atoms with E-state index in [0.717, 1.165) is 16.8 Å². The van der Waals surface area contributed by atoms with E-state index in [0.29, 0.717) is 16.9 Å². The molecule has 0 aliphatic carbocycles. The number of aryl methyl sites for hydroxylation is 1. The van der Waals surface area contributed by atoms with Crippen molar-refractivity contribution < 1.29 is 13.6 Å². The van der Waals surface area contributed by atoms with Crippen LogP contribution >= 0.6 is 11.8 Å². The number of carbonyl (C=O) groups is 1. The molecule has 3 rings (SSSR count). The SMILES string of the molecule is Cc1occc1-c1nnc(SCC(=O)Nc2ccccc2C(C)(C)C)o1. The first-order chi connectivity index (χ1) is 12.3. The van der Waals surface area contributed by atoms with Gasteiger partial charge in [0.2, 0.25) is 5.91 Å². The molecule has 0 radical (unpaired) electrons. The molecule has 3 aromatic rings. The van der Waals surface area contributed by atoms with E-state index in [4.69, 9.17) is 8.83 Å². The van der Waals surface area contributed by atoms with Crippen LogP contribution in [0.4, 0.5) is 5.69 Å². The molecule has 0 spiro atoms. The lowest BCUT2D eigenvalue weighted by molar-refractivity contribution is -0.113. The Bertz CT molecular complexity index is 909. The van der Waals surface area contributed by atoms with Gasteiger partial charge in [-0.3, -0.25) is 4.79 Å². The van der Waals surface area contributed by atoms with Crippen LogP contribution in [0.3, 0.4) is 0 Å². The molecule has 2 heterocycles. The number of furan rings is 1. The predicted molar refractivity (Wildman–Crippen MR) is 101 cm³/mol. The molecule has 1 N–H and O–H groups in total. The maximum Gasteiger partial charge on any atom is 0.277 e. The summed E-state index contributed by atoms with van der Waals surface area (Å²) < 4.78 is 10.8. The summed E-state index contributed by atoms with van der Waals surface area (Å²) in [4.78, 5) is 12.3. The van der Waals surface area contributed by atoms with E-state index in [1.165, 1.54) is 11.8 Å². The molecule has 0 saturated heterocycles. The van der Waals surface area contributed by atoms with Crippen LogP contribution in [0, 0.1) is 6.92 Å². The number of thioether (sulfide) groups is 1. The average molecular weight is 371 g/mol. The van der Waals surface area contributed by atoms with Crippen molar-refractivity contribution in [3.05, 3.63) is 47.9 Å². The van der Waals surface area contributed by atoms with Crippen LogP contribution in [0.25, 0.3) is 11.5 Å². The molecule has 0 aliphatic rings. The third-order valence-electron chi connectivity index (χ3n) is 3.83. The normalized spacial score (nSPS) is 11.5. The van der Waals surface area contributed by atoms with Gasteiger partial charge >= 0.3 is 0 Å². The van der Waals surface area contributed by atoms with E-state index < -0.39 is 0 Å². The molecule has 0 atom stereocenters. The summed E-state index contributed by atoms with van der Waals surface area (Å²) in [6.07, 6.45) is 1.57. The zero-order valence-corrected chi connectivity index (χ0v) is 16.0. The number of carbonyl (C=O) groups excluding carboxylic acids is 1. The number of hydrogen-bond acceptors (Lipinski definition) is 6. The summed E-state index contributed by atoms with van der Waals surface area (Å²) in [5.74, 6) is 1.16. The largest absolute Gasteiger partial charge is 0.469 e. The standard InChI is InChI=1S/C19H21N3O3S/c1-12-13(9-10-24-12)17-21-22-18(25-17)26-11-16(23)20-15-8-6-5-7-14(15)19(2,3)4/h5-10H,11H2,1-4H3,(H,20,23). The molecule has 1 aromatic carbocycles. The van der Waals surface area contributed by atoms with Gasteiger partial charge in [0, 0.05) is 5.69 Å². The molecule has 2 aromatic heterocycles. The van der Waals surface area contributed by atoms with Gasteiger partial charge in [-0.15, -0.1) is 10.2 Å². The average Bonchev–Trinajstić information content (AvgIpc) is 3.21. The van der Waals surface area contributed by atoms with E-state index in [2.05, 4.69) is 36.3 Å². The monoisotopic (exact) mass is 371 g/mol.